The molecule has 1 fully saturated rings. The van der Waals surface area contributed by atoms with Crippen LogP contribution in [0.1, 0.15) is 37.5 Å². The maximum atomic E-state index is 12.5. The molecule has 1 aliphatic rings. The minimum Gasteiger partial charge on any atom is -0.315 e. The van der Waals surface area contributed by atoms with Gasteiger partial charge in [0.05, 0.1) is 3.79 Å². The van der Waals surface area contributed by atoms with Crippen molar-refractivity contribution in [3.63, 3.8) is 0 Å². The van der Waals surface area contributed by atoms with Crippen LogP contribution in [0, 0.1) is 0 Å². The molecule has 1 aromatic rings. The lowest BCUT2D eigenvalue weighted by Crippen LogP contribution is -2.43. The fourth-order valence-electron chi connectivity index (χ4n) is 2.48. The Hall–Kier alpha value is 0.0500. The molecule has 0 unspecified atom stereocenters. The van der Waals surface area contributed by atoms with Crippen LogP contribution in [0.4, 0.5) is 0 Å². The average molecular weight is 367 g/mol. The van der Waals surface area contributed by atoms with E-state index in [0.717, 1.165) is 30.6 Å². The van der Waals surface area contributed by atoms with Crippen LogP contribution in [0.25, 0.3) is 0 Å². The number of halogens is 1. The molecule has 1 saturated carbocycles. The Labute approximate surface area is 127 Å². The maximum Gasteiger partial charge on any atom is 0.243 e. The van der Waals surface area contributed by atoms with Crippen LogP contribution in [-0.4, -0.2) is 21.0 Å². The molecule has 0 bridgehead atoms. The van der Waals surface area contributed by atoms with Crippen molar-refractivity contribution >= 4 is 37.3 Å². The van der Waals surface area contributed by atoms with E-state index in [0.29, 0.717) is 15.2 Å². The SMILES string of the molecule is CNCc1cc(S(=O)(=O)NC2(C)CCCC2)c(Br)s1. The molecule has 0 amide bonds. The Balaban J connectivity index is 2.24. The van der Waals surface area contributed by atoms with Gasteiger partial charge in [-0.05, 0) is 48.8 Å². The highest BCUT2D eigenvalue weighted by Crippen LogP contribution is 2.35. The van der Waals surface area contributed by atoms with E-state index in [1.54, 1.807) is 6.07 Å². The second-order valence-electron chi connectivity index (χ2n) is 5.25. The molecule has 1 heterocycles. The normalized spacial score (nSPS) is 18.9. The van der Waals surface area contributed by atoms with Crippen molar-refractivity contribution in [2.24, 2.45) is 0 Å². The second-order valence-corrected chi connectivity index (χ2v) is 9.36. The van der Waals surface area contributed by atoms with Gasteiger partial charge in [0.15, 0.2) is 0 Å². The molecule has 0 atom stereocenters. The van der Waals surface area contributed by atoms with Crippen molar-refractivity contribution in [2.75, 3.05) is 7.05 Å². The molecule has 0 aliphatic heterocycles. The van der Waals surface area contributed by atoms with Gasteiger partial charge >= 0.3 is 0 Å². The number of thiophene rings is 1. The molecule has 7 heteroatoms. The third-order valence-electron chi connectivity index (χ3n) is 3.43. The summed E-state index contributed by atoms with van der Waals surface area (Å²) in [7, 11) is -1.60. The summed E-state index contributed by atoms with van der Waals surface area (Å²) in [5.74, 6) is 0. The molecule has 2 rings (SSSR count). The van der Waals surface area contributed by atoms with E-state index in [1.165, 1.54) is 11.3 Å². The topological polar surface area (TPSA) is 58.2 Å². The molecular weight excluding hydrogens is 348 g/mol. The second kappa shape index (κ2) is 5.81. The first-order valence-corrected chi connectivity index (χ1v) is 9.42. The molecule has 1 aliphatic carbocycles. The summed E-state index contributed by atoms with van der Waals surface area (Å²) in [6.45, 7) is 2.67. The molecule has 108 valence electrons. The fraction of sp³-hybridized carbons (Fsp3) is 0.667. The van der Waals surface area contributed by atoms with Crippen LogP contribution < -0.4 is 10.0 Å². The largest absolute Gasteiger partial charge is 0.315 e. The van der Waals surface area contributed by atoms with Crippen LogP contribution in [0.15, 0.2) is 14.7 Å². The van der Waals surface area contributed by atoms with Crippen molar-refractivity contribution in [3.05, 3.63) is 14.7 Å². The maximum absolute atomic E-state index is 12.5. The summed E-state index contributed by atoms with van der Waals surface area (Å²) in [5.41, 5.74) is -0.288. The number of rotatable bonds is 5. The number of sulfonamides is 1. The van der Waals surface area contributed by atoms with E-state index in [-0.39, 0.29) is 5.54 Å². The standard InChI is InChI=1S/C12H19BrN2O2S2/c1-12(5-3-4-6-12)15-19(16,17)10-7-9(8-14-2)18-11(10)13/h7,14-15H,3-6,8H2,1-2H3. The molecule has 0 aromatic carbocycles. The van der Waals surface area contributed by atoms with E-state index in [1.807, 2.05) is 14.0 Å². The van der Waals surface area contributed by atoms with Gasteiger partial charge in [-0.15, -0.1) is 11.3 Å². The zero-order chi connectivity index (χ0) is 14.1. The lowest BCUT2D eigenvalue weighted by Gasteiger charge is -2.24. The number of hydrogen-bond donors (Lipinski definition) is 2. The predicted molar refractivity (Wildman–Crippen MR) is 82.0 cm³/mol. The monoisotopic (exact) mass is 366 g/mol. The van der Waals surface area contributed by atoms with Crippen LogP contribution >= 0.6 is 27.3 Å². The first-order valence-electron chi connectivity index (χ1n) is 6.33. The van der Waals surface area contributed by atoms with Crippen molar-refractivity contribution in [2.45, 2.75) is 49.6 Å². The zero-order valence-corrected chi connectivity index (χ0v) is 14.3. The summed E-state index contributed by atoms with van der Waals surface area (Å²) in [6.07, 6.45) is 4.01. The van der Waals surface area contributed by atoms with Crippen molar-refractivity contribution in [1.29, 1.82) is 0 Å². The minimum absolute atomic E-state index is 0.288. The van der Waals surface area contributed by atoms with Gasteiger partial charge in [-0.1, -0.05) is 12.8 Å². The molecule has 1 aromatic heterocycles. The molecule has 2 N–H and O–H groups in total. The quantitative estimate of drug-likeness (QED) is 0.842. The van der Waals surface area contributed by atoms with Gasteiger partial charge in [0.1, 0.15) is 4.90 Å². The summed E-state index contributed by atoms with van der Waals surface area (Å²) in [5, 5.41) is 3.03. The highest BCUT2D eigenvalue weighted by atomic mass is 79.9. The van der Waals surface area contributed by atoms with Gasteiger partial charge in [-0.25, -0.2) is 13.1 Å². The molecule has 4 nitrogen and oxygen atoms in total. The predicted octanol–water partition coefficient (Wildman–Crippen LogP) is 2.84. The average Bonchev–Trinajstić information content (AvgIpc) is 2.85. The Morgan fingerprint density at radius 1 is 1.42 bits per heavy atom. The lowest BCUT2D eigenvalue weighted by molar-refractivity contribution is 0.427. The molecular formula is C12H19BrN2O2S2. The van der Waals surface area contributed by atoms with Crippen LogP contribution in [-0.2, 0) is 16.6 Å². The van der Waals surface area contributed by atoms with E-state index in [4.69, 9.17) is 0 Å². The van der Waals surface area contributed by atoms with Gasteiger partial charge in [-0.2, -0.15) is 0 Å². The van der Waals surface area contributed by atoms with E-state index in [9.17, 15) is 8.42 Å². The van der Waals surface area contributed by atoms with E-state index < -0.39 is 10.0 Å². The van der Waals surface area contributed by atoms with Crippen LogP contribution in [0.5, 0.6) is 0 Å². The van der Waals surface area contributed by atoms with Crippen molar-refractivity contribution in [1.82, 2.24) is 10.0 Å². The van der Waals surface area contributed by atoms with Crippen molar-refractivity contribution in [3.8, 4) is 0 Å². The van der Waals surface area contributed by atoms with Crippen LogP contribution in [0.3, 0.4) is 0 Å². The van der Waals surface area contributed by atoms with E-state index >= 15 is 0 Å². The van der Waals surface area contributed by atoms with Crippen LogP contribution in [0.2, 0.25) is 0 Å². The number of hydrogen-bond acceptors (Lipinski definition) is 4. The third-order valence-corrected chi connectivity index (χ3v) is 7.33. The molecule has 0 radical (unpaired) electrons. The first kappa shape index (κ1) is 15.4. The van der Waals surface area contributed by atoms with Gasteiger partial charge in [0.25, 0.3) is 0 Å². The molecule has 0 spiro atoms. The third kappa shape index (κ3) is 3.58. The Bertz CT molecular complexity index is 548. The summed E-state index contributed by atoms with van der Waals surface area (Å²) >= 11 is 4.82. The van der Waals surface area contributed by atoms with Gasteiger partial charge in [0, 0.05) is 17.0 Å². The van der Waals surface area contributed by atoms with Crippen molar-refractivity contribution < 1.29 is 8.42 Å². The summed E-state index contributed by atoms with van der Waals surface area (Å²) in [4.78, 5) is 1.36. The zero-order valence-electron chi connectivity index (χ0n) is 11.1. The minimum atomic E-state index is -3.44. The Morgan fingerprint density at radius 3 is 2.63 bits per heavy atom. The first-order chi connectivity index (χ1) is 8.86. The number of nitrogens with one attached hydrogen (secondary N) is 2. The van der Waals surface area contributed by atoms with Gasteiger partial charge in [-0.3, -0.25) is 0 Å². The van der Waals surface area contributed by atoms with Gasteiger partial charge in [0.2, 0.25) is 10.0 Å². The Kier molecular flexibility index (Phi) is 4.72. The van der Waals surface area contributed by atoms with E-state index in [2.05, 4.69) is 26.0 Å². The van der Waals surface area contributed by atoms with Gasteiger partial charge < -0.3 is 5.32 Å². The highest BCUT2D eigenvalue weighted by Gasteiger charge is 2.34. The Morgan fingerprint density at radius 2 is 2.05 bits per heavy atom. The fourth-order valence-corrected chi connectivity index (χ4v) is 6.64. The lowest BCUT2D eigenvalue weighted by atomic mass is 10.0. The smallest absolute Gasteiger partial charge is 0.243 e. The highest BCUT2D eigenvalue weighted by molar-refractivity contribution is 9.11. The molecule has 0 saturated heterocycles. The molecule has 19 heavy (non-hydrogen) atoms. The summed E-state index contributed by atoms with van der Waals surface area (Å²) in [6, 6.07) is 1.74. The summed E-state index contributed by atoms with van der Waals surface area (Å²) < 4.78 is 28.5.